The summed E-state index contributed by atoms with van der Waals surface area (Å²) in [7, 11) is 0. The fourth-order valence-electron chi connectivity index (χ4n) is 11.6. The van der Waals surface area contributed by atoms with Crippen LogP contribution < -0.4 is 0 Å². The Morgan fingerprint density at radius 2 is 1.57 bits per heavy atom. The first-order valence-electron chi connectivity index (χ1n) is 18.2. The third-order valence-electron chi connectivity index (χ3n) is 13.4. The van der Waals surface area contributed by atoms with Gasteiger partial charge in [0, 0.05) is 35.5 Å². The van der Waals surface area contributed by atoms with Crippen LogP contribution in [0.2, 0.25) is 0 Å². The van der Waals surface area contributed by atoms with Crippen molar-refractivity contribution in [2.75, 3.05) is 0 Å². The van der Waals surface area contributed by atoms with Gasteiger partial charge in [-0.05, 0) is 132 Å². The van der Waals surface area contributed by atoms with Crippen LogP contribution in [0.25, 0.3) is 0 Å². The van der Waals surface area contributed by atoms with Crippen molar-refractivity contribution < 1.29 is 0 Å². The van der Waals surface area contributed by atoms with Gasteiger partial charge in [0.15, 0.2) is 0 Å². The van der Waals surface area contributed by atoms with Gasteiger partial charge in [0.05, 0.1) is 0 Å². The molecule has 2 saturated carbocycles. The molecular weight excluding hydrogens is 506 g/mol. The first kappa shape index (κ1) is 26.2. The molecule has 0 spiro atoms. The summed E-state index contributed by atoms with van der Waals surface area (Å²) in [5.41, 5.74) is 12.5. The highest BCUT2D eigenvalue weighted by Gasteiger charge is 2.48. The number of rotatable bonds is 3. The molecule has 9 rings (SSSR count). The number of nitrogens with zero attached hydrogens (tertiary/aromatic N) is 1. The Labute approximate surface area is 255 Å². The Balaban J connectivity index is 0.985. The molecule has 42 heavy (non-hydrogen) atoms. The van der Waals surface area contributed by atoms with E-state index in [1.165, 1.54) is 109 Å². The van der Waals surface area contributed by atoms with Crippen LogP contribution in [0.15, 0.2) is 93.8 Å². The van der Waals surface area contributed by atoms with Gasteiger partial charge in [-0.25, -0.2) is 0 Å². The molecule has 0 aromatic carbocycles. The quantitative estimate of drug-likeness (QED) is 0.312. The van der Waals surface area contributed by atoms with E-state index in [1.807, 2.05) is 16.7 Å². The predicted octanol–water partition coefficient (Wildman–Crippen LogP) is 10.5. The van der Waals surface area contributed by atoms with Gasteiger partial charge in [0.1, 0.15) is 0 Å². The number of allylic oxidation sites excluding steroid dienone is 14. The van der Waals surface area contributed by atoms with Crippen LogP contribution in [0.3, 0.4) is 0 Å². The molecule has 0 amide bonds. The molecule has 1 aliphatic heterocycles. The van der Waals surface area contributed by atoms with E-state index < -0.39 is 0 Å². The first-order chi connectivity index (χ1) is 20.8. The monoisotopic (exact) mass is 557 g/mol. The van der Waals surface area contributed by atoms with E-state index in [1.54, 1.807) is 22.4 Å². The zero-order chi connectivity index (χ0) is 27.6. The molecule has 0 aromatic heterocycles. The van der Waals surface area contributed by atoms with Gasteiger partial charge in [-0.3, -0.25) is 0 Å². The molecular formula is C41H51N. The van der Waals surface area contributed by atoms with Gasteiger partial charge >= 0.3 is 0 Å². The van der Waals surface area contributed by atoms with E-state index in [2.05, 4.69) is 59.6 Å². The van der Waals surface area contributed by atoms with Crippen molar-refractivity contribution in [3.05, 3.63) is 93.8 Å². The van der Waals surface area contributed by atoms with Gasteiger partial charge in [-0.15, -0.1) is 0 Å². The second kappa shape index (κ2) is 10.7. The highest BCUT2D eigenvalue weighted by Crippen LogP contribution is 2.58. The summed E-state index contributed by atoms with van der Waals surface area (Å²) < 4.78 is 0. The van der Waals surface area contributed by atoms with E-state index in [0.717, 1.165) is 41.7 Å². The van der Waals surface area contributed by atoms with E-state index in [4.69, 9.17) is 0 Å². The van der Waals surface area contributed by atoms with Crippen LogP contribution in [0.1, 0.15) is 109 Å². The van der Waals surface area contributed by atoms with Crippen molar-refractivity contribution in [3.8, 4) is 0 Å². The summed E-state index contributed by atoms with van der Waals surface area (Å²) in [5.74, 6) is 4.66. The summed E-state index contributed by atoms with van der Waals surface area (Å²) in [6.07, 6.45) is 46.1. The number of hydrogen-bond acceptors (Lipinski definition) is 1. The molecule has 0 radical (unpaired) electrons. The van der Waals surface area contributed by atoms with Crippen LogP contribution in [0, 0.1) is 35.5 Å². The molecule has 0 bridgehead atoms. The van der Waals surface area contributed by atoms with Crippen molar-refractivity contribution in [1.82, 2.24) is 4.90 Å². The van der Waals surface area contributed by atoms with E-state index in [0.29, 0.717) is 5.92 Å². The van der Waals surface area contributed by atoms with Crippen molar-refractivity contribution in [1.29, 1.82) is 0 Å². The Bertz CT molecular complexity index is 1370. The summed E-state index contributed by atoms with van der Waals surface area (Å²) in [4.78, 5) is 2.99. The minimum Gasteiger partial charge on any atom is -0.368 e. The maximum atomic E-state index is 2.99. The second-order valence-corrected chi connectivity index (χ2v) is 15.4. The smallest absolute Gasteiger partial charge is 0.0359 e. The zero-order valence-corrected chi connectivity index (χ0v) is 25.8. The first-order valence-corrected chi connectivity index (χ1v) is 18.2. The molecule has 8 atom stereocenters. The molecule has 0 N–H and O–H groups in total. The normalized spacial score (nSPS) is 40.6. The topological polar surface area (TPSA) is 3.24 Å². The Morgan fingerprint density at radius 3 is 2.50 bits per heavy atom. The lowest BCUT2D eigenvalue weighted by Crippen LogP contribution is -2.44. The maximum absolute atomic E-state index is 2.99. The largest absolute Gasteiger partial charge is 0.368 e. The maximum Gasteiger partial charge on any atom is 0.0359 e. The van der Waals surface area contributed by atoms with Crippen molar-refractivity contribution in [2.24, 2.45) is 35.5 Å². The zero-order valence-electron chi connectivity index (χ0n) is 25.8. The SMILES string of the molecule is C1=CC2=C(CC1)C(C1=CC=C3CCCCC3C1)C1CCC(C3CCC4C(C3)C3=C(CCC=C3)N4C3CC=CCC3)=CC21. The molecule has 8 unspecified atom stereocenters. The lowest BCUT2D eigenvalue weighted by atomic mass is 9.66. The van der Waals surface area contributed by atoms with Gasteiger partial charge in [-0.1, -0.05) is 83.4 Å². The summed E-state index contributed by atoms with van der Waals surface area (Å²) in [5, 5.41) is 0. The molecule has 2 fully saturated rings. The third kappa shape index (κ3) is 4.22. The van der Waals surface area contributed by atoms with Crippen molar-refractivity contribution in [3.63, 3.8) is 0 Å². The molecule has 8 aliphatic carbocycles. The molecule has 1 heteroatoms. The van der Waals surface area contributed by atoms with Gasteiger partial charge in [0.25, 0.3) is 0 Å². The fourth-order valence-corrected chi connectivity index (χ4v) is 11.6. The lowest BCUT2D eigenvalue weighted by molar-refractivity contribution is 0.116. The average molecular weight is 558 g/mol. The highest BCUT2D eigenvalue weighted by molar-refractivity contribution is 5.48. The van der Waals surface area contributed by atoms with Gasteiger partial charge in [-0.2, -0.15) is 0 Å². The summed E-state index contributed by atoms with van der Waals surface area (Å²) >= 11 is 0. The van der Waals surface area contributed by atoms with E-state index >= 15 is 0 Å². The molecule has 9 aliphatic rings. The van der Waals surface area contributed by atoms with Crippen molar-refractivity contribution in [2.45, 2.75) is 121 Å². The second-order valence-electron chi connectivity index (χ2n) is 15.4. The highest BCUT2D eigenvalue weighted by atomic mass is 15.2. The fraction of sp³-hybridized carbons (Fsp3) is 0.610. The Hall–Kier alpha value is -2.28. The minimum absolute atomic E-state index is 0.680. The van der Waals surface area contributed by atoms with Gasteiger partial charge in [0.2, 0.25) is 0 Å². The standard InChI is InChI=1S/C41H51N/c1-2-12-32(13-3-1)42-39-17-9-8-15-34(39)38-26-30(21-23-40(38)42)29-20-22-36-37(25-29)33-14-6-7-16-35(33)41(36)31-19-18-27-10-4-5-11-28(27)24-31/h1-2,6,8,14-15,18-19,25,28,30,32,36-38,40-41H,3-5,7,9-13,16-17,20-24,26H2. The summed E-state index contributed by atoms with van der Waals surface area (Å²) in [6.45, 7) is 0. The van der Waals surface area contributed by atoms with Crippen LogP contribution in [-0.4, -0.2) is 17.0 Å². The molecule has 0 aromatic rings. The van der Waals surface area contributed by atoms with Crippen LogP contribution in [0.4, 0.5) is 0 Å². The van der Waals surface area contributed by atoms with E-state index in [9.17, 15) is 0 Å². The Kier molecular flexibility index (Phi) is 6.67. The predicted molar refractivity (Wildman–Crippen MR) is 175 cm³/mol. The molecule has 0 saturated heterocycles. The average Bonchev–Trinajstić information content (AvgIpc) is 3.57. The lowest BCUT2D eigenvalue weighted by Gasteiger charge is -2.44. The van der Waals surface area contributed by atoms with Crippen LogP contribution in [0.5, 0.6) is 0 Å². The molecule has 1 heterocycles. The number of hydrogen-bond donors (Lipinski definition) is 0. The van der Waals surface area contributed by atoms with Crippen LogP contribution in [-0.2, 0) is 0 Å². The minimum atomic E-state index is 0.680. The van der Waals surface area contributed by atoms with Gasteiger partial charge < -0.3 is 4.90 Å². The van der Waals surface area contributed by atoms with Crippen molar-refractivity contribution >= 4 is 0 Å². The Morgan fingerprint density at radius 1 is 0.667 bits per heavy atom. The molecule has 1 nitrogen and oxygen atoms in total. The third-order valence-corrected chi connectivity index (χ3v) is 13.4. The molecule has 220 valence electrons. The van der Waals surface area contributed by atoms with Crippen LogP contribution >= 0.6 is 0 Å². The van der Waals surface area contributed by atoms with E-state index in [-0.39, 0.29) is 0 Å². The summed E-state index contributed by atoms with van der Waals surface area (Å²) in [6, 6.07) is 1.52. The number of fused-ring (bicyclic) bond motifs is 5.